The molecule has 62 valence electrons. The van der Waals surface area contributed by atoms with E-state index in [4.69, 9.17) is 10.5 Å². The molecule has 1 aromatic heterocycles. The number of methoxy groups -OCH3 is 1. The first kappa shape index (κ1) is 10.2. The number of nitrogen functional groups attached to an aromatic ring is 1. The van der Waals surface area contributed by atoms with Gasteiger partial charge < -0.3 is 10.5 Å². The van der Waals surface area contributed by atoms with Crippen molar-refractivity contribution in [3.8, 4) is 0 Å². The molecule has 0 saturated heterocycles. The van der Waals surface area contributed by atoms with Gasteiger partial charge in [-0.25, -0.2) is 4.98 Å². The number of aromatic nitrogens is 1. The molecule has 11 heavy (non-hydrogen) atoms. The van der Waals surface area contributed by atoms with Gasteiger partial charge in [0.15, 0.2) is 0 Å². The highest BCUT2D eigenvalue weighted by molar-refractivity contribution is 5.85. The highest BCUT2D eigenvalue weighted by atomic mass is 35.5. The number of rotatable bonds is 2. The minimum atomic E-state index is 0. The van der Waals surface area contributed by atoms with Crippen LogP contribution in [0.1, 0.15) is 5.56 Å². The zero-order valence-corrected chi connectivity index (χ0v) is 7.10. The Bertz CT molecular complexity index is 200. The highest BCUT2D eigenvalue weighted by Gasteiger charge is 1.89. The van der Waals surface area contributed by atoms with Crippen LogP contribution < -0.4 is 5.73 Å². The summed E-state index contributed by atoms with van der Waals surface area (Å²) >= 11 is 0. The lowest BCUT2D eigenvalue weighted by Crippen LogP contribution is -1.92. The highest BCUT2D eigenvalue weighted by Crippen LogP contribution is 2.01. The van der Waals surface area contributed by atoms with E-state index in [1.165, 1.54) is 0 Å². The third kappa shape index (κ3) is 3.20. The number of nitrogens with two attached hydrogens (primary N) is 1. The van der Waals surface area contributed by atoms with E-state index >= 15 is 0 Å². The zero-order valence-electron chi connectivity index (χ0n) is 6.28. The lowest BCUT2D eigenvalue weighted by molar-refractivity contribution is 0.184. The summed E-state index contributed by atoms with van der Waals surface area (Å²) in [6, 6.07) is 3.65. The number of halogens is 1. The predicted molar refractivity (Wildman–Crippen MR) is 46.6 cm³/mol. The number of hydrogen-bond acceptors (Lipinski definition) is 3. The van der Waals surface area contributed by atoms with E-state index in [2.05, 4.69) is 4.98 Å². The summed E-state index contributed by atoms with van der Waals surface area (Å²) in [6.07, 6.45) is 1.71. The Kier molecular flexibility index (Phi) is 4.57. The molecule has 1 heterocycles. The van der Waals surface area contributed by atoms with Crippen molar-refractivity contribution >= 4 is 18.2 Å². The number of ether oxygens (including phenoxy) is 1. The first-order valence-electron chi connectivity index (χ1n) is 3.02. The van der Waals surface area contributed by atoms with Gasteiger partial charge in [0.2, 0.25) is 0 Å². The Morgan fingerprint density at radius 1 is 1.55 bits per heavy atom. The SMILES string of the molecule is COCc1ccc(N)nc1.Cl. The van der Waals surface area contributed by atoms with E-state index in [1.807, 2.05) is 6.07 Å². The summed E-state index contributed by atoms with van der Waals surface area (Å²) in [7, 11) is 1.65. The molecule has 0 aliphatic rings. The Labute approximate surface area is 72.0 Å². The fourth-order valence-electron chi connectivity index (χ4n) is 0.688. The van der Waals surface area contributed by atoms with E-state index in [0.717, 1.165) is 5.56 Å². The number of anilines is 1. The lowest BCUT2D eigenvalue weighted by Gasteiger charge is -1.97. The van der Waals surface area contributed by atoms with Gasteiger partial charge in [-0.3, -0.25) is 0 Å². The van der Waals surface area contributed by atoms with Crippen LogP contribution in [-0.4, -0.2) is 12.1 Å². The molecule has 0 atom stereocenters. The first-order valence-corrected chi connectivity index (χ1v) is 3.02. The number of nitrogens with zero attached hydrogens (tertiary/aromatic N) is 1. The maximum Gasteiger partial charge on any atom is 0.123 e. The molecule has 0 saturated carbocycles. The van der Waals surface area contributed by atoms with Gasteiger partial charge in [-0.05, 0) is 11.6 Å². The van der Waals surface area contributed by atoms with Gasteiger partial charge in [0.05, 0.1) is 6.61 Å². The molecule has 0 bridgehead atoms. The molecule has 3 nitrogen and oxygen atoms in total. The minimum absolute atomic E-state index is 0. The second kappa shape index (κ2) is 4.93. The van der Waals surface area contributed by atoms with E-state index in [1.54, 1.807) is 19.4 Å². The first-order chi connectivity index (χ1) is 4.83. The van der Waals surface area contributed by atoms with Gasteiger partial charge in [0, 0.05) is 13.3 Å². The van der Waals surface area contributed by atoms with Crippen LogP contribution in [0, 0.1) is 0 Å². The summed E-state index contributed by atoms with van der Waals surface area (Å²) in [4.78, 5) is 3.90. The number of hydrogen-bond donors (Lipinski definition) is 1. The smallest absolute Gasteiger partial charge is 0.123 e. The van der Waals surface area contributed by atoms with Gasteiger partial charge in [-0.15, -0.1) is 12.4 Å². The van der Waals surface area contributed by atoms with E-state index in [9.17, 15) is 0 Å². The maximum atomic E-state index is 5.37. The zero-order chi connectivity index (χ0) is 7.40. The van der Waals surface area contributed by atoms with Crippen LogP contribution >= 0.6 is 12.4 Å². The van der Waals surface area contributed by atoms with Gasteiger partial charge >= 0.3 is 0 Å². The van der Waals surface area contributed by atoms with Crippen LogP contribution in [0.3, 0.4) is 0 Å². The molecule has 2 N–H and O–H groups in total. The van der Waals surface area contributed by atoms with Crippen LogP contribution in [0.2, 0.25) is 0 Å². The molecule has 1 aromatic rings. The average Bonchev–Trinajstić information content (AvgIpc) is 1.95. The molecule has 1 rings (SSSR count). The standard InChI is InChI=1S/C7H10N2O.ClH/c1-10-5-6-2-3-7(8)9-4-6;/h2-4H,5H2,1H3,(H2,8,9);1H. The van der Waals surface area contributed by atoms with Gasteiger partial charge in [-0.1, -0.05) is 6.07 Å². The molecule has 0 fully saturated rings. The Hall–Kier alpha value is -0.800. The third-order valence-electron chi connectivity index (χ3n) is 1.16. The van der Waals surface area contributed by atoms with Crippen molar-refractivity contribution in [2.24, 2.45) is 0 Å². The molecule has 0 aliphatic heterocycles. The van der Waals surface area contributed by atoms with Crippen LogP contribution in [-0.2, 0) is 11.3 Å². The van der Waals surface area contributed by atoms with Gasteiger partial charge in [0.25, 0.3) is 0 Å². The Balaban J connectivity index is 0.000001000. The minimum Gasteiger partial charge on any atom is -0.384 e. The van der Waals surface area contributed by atoms with Crippen molar-refractivity contribution in [3.05, 3.63) is 23.9 Å². The fraction of sp³-hybridized carbons (Fsp3) is 0.286. The van der Waals surface area contributed by atoms with E-state index in [-0.39, 0.29) is 12.4 Å². The third-order valence-corrected chi connectivity index (χ3v) is 1.16. The van der Waals surface area contributed by atoms with E-state index < -0.39 is 0 Å². The molecular formula is C7H11ClN2O. The molecule has 0 spiro atoms. The lowest BCUT2D eigenvalue weighted by atomic mass is 10.3. The maximum absolute atomic E-state index is 5.37. The van der Waals surface area contributed by atoms with Crippen molar-refractivity contribution in [2.75, 3.05) is 12.8 Å². The van der Waals surface area contributed by atoms with Crippen LogP contribution in [0.25, 0.3) is 0 Å². The summed E-state index contributed by atoms with van der Waals surface area (Å²) in [6.45, 7) is 0.591. The van der Waals surface area contributed by atoms with Crippen molar-refractivity contribution in [1.29, 1.82) is 0 Å². The average molecular weight is 175 g/mol. The molecule has 0 aromatic carbocycles. The van der Waals surface area contributed by atoms with Gasteiger partial charge in [0.1, 0.15) is 5.82 Å². The molecule has 0 radical (unpaired) electrons. The summed E-state index contributed by atoms with van der Waals surface area (Å²) in [5.74, 6) is 0.542. The van der Waals surface area contributed by atoms with Crippen molar-refractivity contribution in [2.45, 2.75) is 6.61 Å². The second-order valence-corrected chi connectivity index (χ2v) is 2.02. The Morgan fingerprint density at radius 3 is 2.73 bits per heavy atom. The van der Waals surface area contributed by atoms with Crippen molar-refractivity contribution < 1.29 is 4.74 Å². The molecule has 0 aliphatic carbocycles. The number of pyridine rings is 1. The quantitative estimate of drug-likeness (QED) is 0.734. The van der Waals surface area contributed by atoms with Crippen molar-refractivity contribution in [1.82, 2.24) is 4.98 Å². The van der Waals surface area contributed by atoms with E-state index in [0.29, 0.717) is 12.4 Å². The van der Waals surface area contributed by atoms with Crippen LogP contribution in [0.15, 0.2) is 18.3 Å². The molecule has 4 heteroatoms. The molecular weight excluding hydrogens is 164 g/mol. The predicted octanol–water partition coefficient (Wildman–Crippen LogP) is 1.23. The molecule has 0 unspecified atom stereocenters. The summed E-state index contributed by atoms with van der Waals surface area (Å²) in [5.41, 5.74) is 6.41. The second-order valence-electron chi connectivity index (χ2n) is 2.02. The molecule has 0 amide bonds. The topological polar surface area (TPSA) is 48.1 Å². The largest absolute Gasteiger partial charge is 0.384 e. The van der Waals surface area contributed by atoms with Crippen molar-refractivity contribution in [3.63, 3.8) is 0 Å². The van der Waals surface area contributed by atoms with Crippen LogP contribution in [0.5, 0.6) is 0 Å². The van der Waals surface area contributed by atoms with Crippen LogP contribution in [0.4, 0.5) is 5.82 Å². The summed E-state index contributed by atoms with van der Waals surface area (Å²) < 4.78 is 4.89. The normalized spacial score (nSPS) is 8.82. The fourth-order valence-corrected chi connectivity index (χ4v) is 0.688. The summed E-state index contributed by atoms with van der Waals surface area (Å²) in [5, 5.41) is 0. The Morgan fingerprint density at radius 2 is 2.27 bits per heavy atom. The monoisotopic (exact) mass is 174 g/mol. The van der Waals surface area contributed by atoms with Gasteiger partial charge in [-0.2, -0.15) is 0 Å².